The lowest BCUT2D eigenvalue weighted by Gasteiger charge is -2.38. The second-order valence-electron chi connectivity index (χ2n) is 7.22. The van der Waals surface area contributed by atoms with Gasteiger partial charge in [0.15, 0.2) is 0 Å². The molecule has 1 saturated carbocycles. The van der Waals surface area contributed by atoms with Crippen molar-refractivity contribution in [2.45, 2.75) is 44.4 Å². The van der Waals surface area contributed by atoms with E-state index in [1.54, 1.807) is 6.20 Å². The van der Waals surface area contributed by atoms with Gasteiger partial charge in [-0.2, -0.15) is 0 Å². The second-order valence-corrected chi connectivity index (χ2v) is 7.22. The van der Waals surface area contributed by atoms with Gasteiger partial charge < -0.3 is 19.8 Å². The van der Waals surface area contributed by atoms with Crippen molar-refractivity contribution >= 4 is 5.69 Å². The van der Waals surface area contributed by atoms with Gasteiger partial charge in [0.25, 0.3) is 5.88 Å². The van der Waals surface area contributed by atoms with Crippen LogP contribution in [0.4, 0.5) is 5.69 Å². The lowest BCUT2D eigenvalue weighted by molar-refractivity contribution is 0.00502. The number of anilines is 1. The minimum atomic E-state index is 0.370. The van der Waals surface area contributed by atoms with Crippen molar-refractivity contribution in [3.63, 3.8) is 0 Å². The number of nitrogens with two attached hydrogens (primary N) is 1. The van der Waals surface area contributed by atoms with Gasteiger partial charge in [0.1, 0.15) is 18.1 Å². The molecule has 0 spiro atoms. The number of rotatable bonds is 5. The van der Waals surface area contributed by atoms with Gasteiger partial charge in [-0.15, -0.1) is 5.10 Å². The number of ether oxygens (including phenoxy) is 2. The Morgan fingerprint density at radius 3 is 2.62 bits per heavy atom. The molecule has 1 aliphatic carbocycles. The maximum Gasteiger partial charge on any atom is 0.256 e. The topological polar surface area (TPSA) is 83.4 Å². The molecule has 2 aromatic rings. The maximum atomic E-state index is 6.11. The molecule has 3 heterocycles. The van der Waals surface area contributed by atoms with Crippen LogP contribution in [-0.4, -0.2) is 56.6 Å². The highest BCUT2D eigenvalue weighted by molar-refractivity contribution is 5.46. The van der Waals surface area contributed by atoms with Crippen molar-refractivity contribution in [1.82, 2.24) is 24.2 Å². The second kappa shape index (κ2) is 7.67. The molecule has 2 N–H and O–H groups in total. The van der Waals surface area contributed by atoms with Gasteiger partial charge in [-0.25, -0.2) is 4.98 Å². The van der Waals surface area contributed by atoms with E-state index < -0.39 is 0 Å². The number of nitrogens with zero attached hydrogens (tertiary/aromatic N) is 5. The molecular weight excluding hydrogens is 332 g/mol. The molecule has 0 atom stereocenters. The molecule has 142 valence electrons. The average Bonchev–Trinajstić information content (AvgIpc) is 3.26. The minimum absolute atomic E-state index is 0.370. The van der Waals surface area contributed by atoms with Gasteiger partial charge in [0.05, 0.1) is 25.5 Å². The monoisotopic (exact) mass is 360 g/mol. The van der Waals surface area contributed by atoms with E-state index in [4.69, 9.17) is 15.2 Å². The predicted octanol–water partition coefficient (Wildman–Crippen LogP) is 1.59. The van der Waals surface area contributed by atoms with E-state index in [0.29, 0.717) is 30.3 Å². The minimum Gasteiger partial charge on any atom is -0.467 e. The first kappa shape index (κ1) is 17.4. The smallest absolute Gasteiger partial charge is 0.256 e. The van der Waals surface area contributed by atoms with E-state index >= 15 is 0 Å². The number of nitrogen functional groups attached to an aromatic ring is 1. The van der Waals surface area contributed by atoms with Gasteiger partial charge in [0, 0.05) is 38.6 Å². The first-order chi connectivity index (χ1) is 12.7. The van der Waals surface area contributed by atoms with Crippen molar-refractivity contribution in [2.75, 3.05) is 32.0 Å². The van der Waals surface area contributed by atoms with Crippen LogP contribution < -0.4 is 10.5 Å². The van der Waals surface area contributed by atoms with Crippen molar-refractivity contribution < 1.29 is 9.47 Å². The highest BCUT2D eigenvalue weighted by Crippen LogP contribution is 2.33. The Kier molecular flexibility index (Phi) is 5.12. The molecular formula is C18H28N6O2. The maximum absolute atomic E-state index is 6.11. The Morgan fingerprint density at radius 1 is 1.19 bits per heavy atom. The van der Waals surface area contributed by atoms with Crippen LogP contribution in [0.1, 0.15) is 37.5 Å². The predicted molar refractivity (Wildman–Crippen MR) is 97.9 cm³/mol. The molecule has 8 nitrogen and oxygen atoms in total. The van der Waals surface area contributed by atoms with Crippen LogP contribution in [0, 0.1) is 0 Å². The Bertz CT molecular complexity index is 713. The van der Waals surface area contributed by atoms with Crippen LogP contribution >= 0.6 is 0 Å². The highest BCUT2D eigenvalue weighted by Gasteiger charge is 2.28. The highest BCUT2D eigenvalue weighted by atomic mass is 16.5. The molecule has 8 heteroatoms. The summed E-state index contributed by atoms with van der Waals surface area (Å²) in [6, 6.07) is 1.09. The van der Waals surface area contributed by atoms with Crippen LogP contribution in [0.2, 0.25) is 0 Å². The molecule has 26 heavy (non-hydrogen) atoms. The summed E-state index contributed by atoms with van der Waals surface area (Å²) < 4.78 is 15.2. The van der Waals surface area contributed by atoms with Crippen LogP contribution in [0.3, 0.4) is 0 Å². The molecule has 1 saturated heterocycles. The molecule has 0 unspecified atom stereocenters. The van der Waals surface area contributed by atoms with E-state index in [1.807, 2.05) is 28.7 Å². The molecule has 0 amide bonds. The lowest BCUT2D eigenvalue weighted by Crippen LogP contribution is -2.45. The third-order valence-corrected chi connectivity index (χ3v) is 5.59. The van der Waals surface area contributed by atoms with Gasteiger partial charge in [0.2, 0.25) is 0 Å². The van der Waals surface area contributed by atoms with Crippen LogP contribution in [-0.2, 0) is 18.4 Å². The zero-order valence-corrected chi connectivity index (χ0v) is 15.4. The van der Waals surface area contributed by atoms with E-state index in [9.17, 15) is 0 Å². The molecule has 2 fully saturated rings. The Hall–Kier alpha value is -2.06. The van der Waals surface area contributed by atoms with Crippen LogP contribution in [0.5, 0.6) is 5.88 Å². The zero-order chi connectivity index (χ0) is 17.9. The quantitative estimate of drug-likeness (QED) is 0.872. The number of imidazole rings is 1. The molecule has 2 aliphatic rings. The number of aromatic nitrogens is 4. The standard InChI is InChI=1S/C18H28N6O2/c1-22-7-6-20-17(22)13-26-18-16(19)12-24(21-18)15-4-2-14(3-5-15)23-8-10-25-11-9-23/h6-7,12,14-15H,2-5,8-11,13,19H2,1H3. The number of hydrogen-bond acceptors (Lipinski definition) is 6. The molecule has 0 bridgehead atoms. The summed E-state index contributed by atoms with van der Waals surface area (Å²) in [4.78, 5) is 6.84. The summed E-state index contributed by atoms with van der Waals surface area (Å²) in [6.45, 7) is 4.23. The number of hydrogen-bond donors (Lipinski definition) is 1. The summed E-state index contributed by atoms with van der Waals surface area (Å²) in [6.07, 6.45) is 10.2. The lowest BCUT2D eigenvalue weighted by atomic mass is 9.90. The van der Waals surface area contributed by atoms with Gasteiger partial charge in [-0.1, -0.05) is 0 Å². The van der Waals surface area contributed by atoms with E-state index in [-0.39, 0.29) is 0 Å². The SMILES string of the molecule is Cn1ccnc1COc1nn(C2CCC(N3CCOCC3)CC2)cc1N. The molecule has 4 rings (SSSR count). The van der Waals surface area contributed by atoms with Crippen molar-refractivity contribution in [3.8, 4) is 5.88 Å². The molecule has 1 aliphatic heterocycles. The Morgan fingerprint density at radius 2 is 1.92 bits per heavy atom. The number of aryl methyl sites for hydroxylation is 1. The fourth-order valence-corrected chi connectivity index (χ4v) is 3.99. The van der Waals surface area contributed by atoms with E-state index in [2.05, 4.69) is 15.0 Å². The van der Waals surface area contributed by atoms with E-state index in [1.165, 1.54) is 12.8 Å². The van der Waals surface area contributed by atoms with Crippen LogP contribution in [0.25, 0.3) is 0 Å². The summed E-state index contributed by atoms with van der Waals surface area (Å²) >= 11 is 0. The normalized spacial score (nSPS) is 24.7. The van der Waals surface area contributed by atoms with Crippen molar-refractivity contribution in [1.29, 1.82) is 0 Å². The van der Waals surface area contributed by atoms with Crippen molar-refractivity contribution in [3.05, 3.63) is 24.4 Å². The largest absolute Gasteiger partial charge is 0.467 e. The first-order valence-electron chi connectivity index (χ1n) is 9.46. The van der Waals surface area contributed by atoms with Crippen molar-refractivity contribution in [2.24, 2.45) is 7.05 Å². The third-order valence-electron chi connectivity index (χ3n) is 5.59. The van der Waals surface area contributed by atoms with Gasteiger partial charge in [-0.3, -0.25) is 9.58 Å². The molecule has 0 aromatic carbocycles. The summed E-state index contributed by atoms with van der Waals surface area (Å²) in [5.41, 5.74) is 6.70. The van der Waals surface area contributed by atoms with Gasteiger partial charge >= 0.3 is 0 Å². The zero-order valence-electron chi connectivity index (χ0n) is 15.4. The molecule has 2 aromatic heterocycles. The van der Waals surface area contributed by atoms with Crippen LogP contribution in [0.15, 0.2) is 18.6 Å². The Balaban J connectivity index is 1.33. The fourth-order valence-electron chi connectivity index (χ4n) is 3.99. The van der Waals surface area contributed by atoms with Gasteiger partial charge in [-0.05, 0) is 25.7 Å². The number of morpholine rings is 1. The summed E-state index contributed by atoms with van der Waals surface area (Å²) in [5, 5.41) is 4.60. The first-order valence-corrected chi connectivity index (χ1v) is 9.46. The Labute approximate surface area is 153 Å². The summed E-state index contributed by atoms with van der Waals surface area (Å²) in [7, 11) is 1.95. The van der Waals surface area contributed by atoms with E-state index in [0.717, 1.165) is 45.0 Å². The average molecular weight is 360 g/mol. The molecule has 0 radical (unpaired) electrons. The fraction of sp³-hybridized carbons (Fsp3) is 0.667. The summed E-state index contributed by atoms with van der Waals surface area (Å²) in [5.74, 6) is 1.35. The third kappa shape index (κ3) is 3.71.